The summed E-state index contributed by atoms with van der Waals surface area (Å²) in [5.74, 6) is -0.622. The molecule has 0 fully saturated rings. The van der Waals surface area contributed by atoms with E-state index in [0.717, 1.165) is 0 Å². The van der Waals surface area contributed by atoms with Gasteiger partial charge in [-0.05, 0) is 12.1 Å². The predicted molar refractivity (Wildman–Crippen MR) is 53.6 cm³/mol. The average molecular weight is 194 g/mol. The molecule has 0 aliphatic rings. The number of ketones is 1. The minimum Gasteiger partial charge on any atom is -0.507 e. The van der Waals surface area contributed by atoms with E-state index in [2.05, 4.69) is 0 Å². The fourth-order valence-electron chi connectivity index (χ4n) is 1.14. The number of benzene rings is 1. The summed E-state index contributed by atoms with van der Waals surface area (Å²) in [7, 11) is 0. The Morgan fingerprint density at radius 2 is 1.57 bits per heavy atom. The van der Waals surface area contributed by atoms with Gasteiger partial charge in [0.1, 0.15) is 17.1 Å². The van der Waals surface area contributed by atoms with Gasteiger partial charge in [-0.25, -0.2) is 0 Å². The van der Waals surface area contributed by atoms with Crippen molar-refractivity contribution in [3.05, 3.63) is 23.8 Å². The molecule has 14 heavy (non-hydrogen) atoms. The zero-order valence-corrected chi connectivity index (χ0v) is 8.53. The summed E-state index contributed by atoms with van der Waals surface area (Å²) in [6.45, 7) is 5.21. The number of Topliss-reactive ketones (excluding diaryl/α,β-unsaturated/α-hetero) is 1. The minimum absolute atomic E-state index is 0.000000000000000444. The monoisotopic (exact) mass is 194 g/mol. The van der Waals surface area contributed by atoms with Crippen molar-refractivity contribution in [3.8, 4) is 11.5 Å². The van der Waals surface area contributed by atoms with Crippen LogP contribution >= 0.6 is 0 Å². The van der Waals surface area contributed by atoms with Crippen molar-refractivity contribution >= 4 is 5.78 Å². The highest BCUT2D eigenvalue weighted by Crippen LogP contribution is 2.32. The van der Waals surface area contributed by atoms with Crippen LogP contribution in [0.1, 0.15) is 31.1 Å². The number of phenolic OH excluding ortho intramolecular Hbond substituents is 2. The van der Waals surface area contributed by atoms with Gasteiger partial charge in [-0.3, -0.25) is 4.79 Å². The van der Waals surface area contributed by atoms with Gasteiger partial charge in [0, 0.05) is 5.41 Å². The molecule has 1 rings (SSSR count). The third-order valence-electron chi connectivity index (χ3n) is 1.93. The molecule has 1 aromatic carbocycles. The lowest BCUT2D eigenvalue weighted by atomic mass is 9.86. The van der Waals surface area contributed by atoms with E-state index in [9.17, 15) is 15.0 Å². The van der Waals surface area contributed by atoms with Gasteiger partial charge in [-0.2, -0.15) is 0 Å². The number of hydrogen-bond donors (Lipinski definition) is 2. The number of carbonyl (C=O) groups is 1. The van der Waals surface area contributed by atoms with Gasteiger partial charge in [-0.1, -0.05) is 26.8 Å². The first-order chi connectivity index (χ1) is 6.34. The zero-order chi connectivity index (χ0) is 10.9. The summed E-state index contributed by atoms with van der Waals surface area (Å²) < 4.78 is 0. The standard InChI is InChI=1S/C11H14O3/c1-11(2,3)10(14)9-7(12)5-4-6-8(9)13/h4-6,12-13H,1-3H3. The maximum atomic E-state index is 11.8. The maximum absolute atomic E-state index is 11.8. The molecule has 0 atom stereocenters. The summed E-state index contributed by atoms with van der Waals surface area (Å²) in [5.41, 5.74) is -0.615. The summed E-state index contributed by atoms with van der Waals surface area (Å²) in [6.07, 6.45) is 0. The fourth-order valence-corrected chi connectivity index (χ4v) is 1.14. The molecular weight excluding hydrogens is 180 g/mol. The zero-order valence-electron chi connectivity index (χ0n) is 8.53. The molecule has 0 aromatic heterocycles. The lowest BCUT2D eigenvalue weighted by molar-refractivity contribution is 0.0852. The largest absolute Gasteiger partial charge is 0.507 e. The van der Waals surface area contributed by atoms with Crippen molar-refractivity contribution in [3.63, 3.8) is 0 Å². The van der Waals surface area contributed by atoms with E-state index in [1.807, 2.05) is 0 Å². The molecule has 76 valence electrons. The Balaban J connectivity index is 3.26. The molecule has 0 spiro atoms. The Morgan fingerprint density at radius 1 is 1.14 bits per heavy atom. The van der Waals surface area contributed by atoms with Gasteiger partial charge in [0.2, 0.25) is 0 Å². The molecular formula is C11H14O3. The molecule has 0 radical (unpaired) electrons. The van der Waals surface area contributed by atoms with Gasteiger partial charge in [0.05, 0.1) is 0 Å². The van der Waals surface area contributed by atoms with Crippen LogP contribution in [0.15, 0.2) is 18.2 Å². The summed E-state index contributed by atoms with van der Waals surface area (Å²) in [4.78, 5) is 11.8. The highest BCUT2D eigenvalue weighted by atomic mass is 16.3. The highest BCUT2D eigenvalue weighted by molar-refractivity contribution is 6.04. The first kappa shape index (κ1) is 10.6. The summed E-state index contributed by atoms with van der Waals surface area (Å²) >= 11 is 0. The molecule has 0 aliphatic heterocycles. The molecule has 0 amide bonds. The fraction of sp³-hybridized carbons (Fsp3) is 0.364. The molecule has 0 saturated carbocycles. The van der Waals surface area contributed by atoms with E-state index in [4.69, 9.17) is 0 Å². The first-order valence-electron chi connectivity index (χ1n) is 4.40. The molecule has 0 saturated heterocycles. The van der Waals surface area contributed by atoms with Crippen molar-refractivity contribution < 1.29 is 15.0 Å². The Morgan fingerprint density at radius 3 is 1.93 bits per heavy atom. The predicted octanol–water partition coefficient (Wildman–Crippen LogP) is 2.33. The van der Waals surface area contributed by atoms with Crippen molar-refractivity contribution in [2.45, 2.75) is 20.8 Å². The van der Waals surface area contributed by atoms with Crippen molar-refractivity contribution in [1.82, 2.24) is 0 Å². The lowest BCUT2D eigenvalue weighted by Gasteiger charge is -2.17. The topological polar surface area (TPSA) is 57.5 Å². The van der Waals surface area contributed by atoms with Crippen LogP contribution in [-0.4, -0.2) is 16.0 Å². The number of carbonyl (C=O) groups excluding carboxylic acids is 1. The third kappa shape index (κ3) is 1.87. The summed E-state index contributed by atoms with van der Waals surface area (Å²) in [5, 5.41) is 18.9. The van der Waals surface area contributed by atoms with E-state index in [1.165, 1.54) is 18.2 Å². The third-order valence-corrected chi connectivity index (χ3v) is 1.93. The van der Waals surface area contributed by atoms with Crippen molar-refractivity contribution in [2.24, 2.45) is 5.41 Å². The number of hydrogen-bond acceptors (Lipinski definition) is 3. The lowest BCUT2D eigenvalue weighted by Crippen LogP contribution is -2.20. The van der Waals surface area contributed by atoms with Crippen LogP contribution in [0.5, 0.6) is 11.5 Å². The minimum atomic E-state index is -0.615. The smallest absolute Gasteiger partial charge is 0.175 e. The van der Waals surface area contributed by atoms with E-state index < -0.39 is 5.41 Å². The maximum Gasteiger partial charge on any atom is 0.175 e. The van der Waals surface area contributed by atoms with E-state index in [0.29, 0.717) is 0 Å². The van der Waals surface area contributed by atoms with E-state index in [1.54, 1.807) is 20.8 Å². The van der Waals surface area contributed by atoms with Crippen LogP contribution in [0.4, 0.5) is 0 Å². The normalized spacial score (nSPS) is 11.4. The number of aromatic hydroxyl groups is 2. The molecule has 0 heterocycles. The second kappa shape index (κ2) is 3.33. The molecule has 3 nitrogen and oxygen atoms in total. The highest BCUT2D eigenvalue weighted by Gasteiger charge is 2.27. The Kier molecular flexibility index (Phi) is 2.51. The molecule has 1 aromatic rings. The van der Waals surface area contributed by atoms with Crippen LogP contribution < -0.4 is 0 Å². The van der Waals surface area contributed by atoms with Crippen LogP contribution in [0, 0.1) is 5.41 Å². The van der Waals surface area contributed by atoms with Crippen LogP contribution in [0.3, 0.4) is 0 Å². The van der Waals surface area contributed by atoms with Crippen LogP contribution in [0.25, 0.3) is 0 Å². The van der Waals surface area contributed by atoms with Gasteiger partial charge < -0.3 is 10.2 Å². The van der Waals surface area contributed by atoms with Gasteiger partial charge >= 0.3 is 0 Å². The Labute approximate surface area is 83.0 Å². The average Bonchev–Trinajstić information content (AvgIpc) is 2.01. The Bertz CT molecular complexity index is 341. The second-order valence-corrected chi connectivity index (χ2v) is 4.25. The van der Waals surface area contributed by atoms with Gasteiger partial charge in [0.15, 0.2) is 5.78 Å². The van der Waals surface area contributed by atoms with Crippen molar-refractivity contribution in [2.75, 3.05) is 0 Å². The number of phenols is 2. The van der Waals surface area contributed by atoms with Crippen molar-refractivity contribution in [1.29, 1.82) is 0 Å². The Hall–Kier alpha value is -1.51. The van der Waals surface area contributed by atoms with E-state index in [-0.39, 0.29) is 22.8 Å². The SMILES string of the molecule is CC(C)(C)C(=O)c1c(O)cccc1O. The second-order valence-electron chi connectivity index (χ2n) is 4.25. The van der Waals surface area contributed by atoms with Gasteiger partial charge in [0.25, 0.3) is 0 Å². The van der Waals surface area contributed by atoms with Gasteiger partial charge in [-0.15, -0.1) is 0 Å². The molecule has 2 N–H and O–H groups in total. The molecule has 0 unspecified atom stereocenters. The van der Waals surface area contributed by atoms with E-state index >= 15 is 0 Å². The van der Waals surface area contributed by atoms with Crippen LogP contribution in [-0.2, 0) is 0 Å². The number of rotatable bonds is 1. The molecule has 0 aliphatic carbocycles. The summed E-state index contributed by atoms with van der Waals surface area (Å²) in [6, 6.07) is 4.27. The van der Waals surface area contributed by atoms with Crippen LogP contribution in [0.2, 0.25) is 0 Å². The first-order valence-corrected chi connectivity index (χ1v) is 4.40. The molecule has 3 heteroatoms. The quantitative estimate of drug-likeness (QED) is 0.674. The molecule has 0 bridgehead atoms.